The van der Waals surface area contributed by atoms with Crippen LogP contribution in [-0.4, -0.2) is 30.7 Å². The van der Waals surface area contributed by atoms with Gasteiger partial charge in [0, 0.05) is 0 Å². The van der Waals surface area contributed by atoms with E-state index in [9.17, 15) is 20.0 Å². The Balaban J connectivity index is 0.000000446. The van der Waals surface area contributed by atoms with Crippen molar-refractivity contribution in [1.29, 1.82) is 0 Å². The Hall–Kier alpha value is -1.05. The van der Waals surface area contributed by atoms with Crippen LogP contribution in [0, 0.1) is 10.1 Å². The van der Waals surface area contributed by atoms with Crippen LogP contribution in [-0.2, 0) is 0 Å². The average molecular weight is 446 g/mol. The summed E-state index contributed by atoms with van der Waals surface area (Å²) in [5.74, 6) is -2.72. The van der Waals surface area contributed by atoms with Crippen molar-refractivity contribution in [1.82, 2.24) is 0 Å². The third kappa shape index (κ3) is 10.7. The predicted molar refractivity (Wildman–Crippen MR) is 94.6 cm³/mol. The molecule has 0 unspecified atom stereocenters. The van der Waals surface area contributed by atoms with Crippen molar-refractivity contribution in [3.63, 3.8) is 0 Å². The Labute approximate surface area is 151 Å². The molecule has 0 radical (unpaired) electrons. The van der Waals surface area contributed by atoms with E-state index in [-0.39, 0.29) is 0 Å². The van der Waals surface area contributed by atoms with E-state index in [1.165, 1.54) is 38.5 Å². The number of nitro groups is 1. The minimum absolute atomic E-state index is 0.545. The van der Waals surface area contributed by atoms with Gasteiger partial charge in [0.05, 0.1) is 6.07 Å². The van der Waals surface area contributed by atoms with E-state index in [2.05, 4.69) is 25.2 Å². The second kappa shape index (κ2) is 14.3. The van der Waals surface area contributed by atoms with Gasteiger partial charge in [-0.1, -0.05) is 0 Å². The summed E-state index contributed by atoms with van der Waals surface area (Å²) in [6.45, 7) is 7.00. The maximum atomic E-state index is 10.0. The van der Waals surface area contributed by atoms with Gasteiger partial charge in [-0.3, -0.25) is 10.1 Å². The van der Waals surface area contributed by atoms with Crippen LogP contribution in [0.3, 0.4) is 0 Å². The molecule has 0 atom stereocenters. The van der Waals surface area contributed by atoms with E-state index in [4.69, 9.17) is 0 Å². The molecule has 0 saturated carbocycles. The third-order valence-corrected chi connectivity index (χ3v) is 12.7. The number of nitrogens with zero attached hydrogens (tertiary/aromatic N) is 1. The molecular formula is C17H29NO5Sn. The molecule has 0 spiro atoms. The maximum absolute atomic E-state index is 10.0. The van der Waals surface area contributed by atoms with Gasteiger partial charge in [0.15, 0.2) is 5.76 Å². The fraction of sp³-hybridized carbons (Fsp3) is 0.706. The predicted octanol–water partition coefficient (Wildman–Crippen LogP) is 4.43. The van der Waals surface area contributed by atoms with Crippen LogP contribution in [0.25, 0.3) is 0 Å². The molecule has 0 aromatic carbocycles. The maximum Gasteiger partial charge on any atom is 0.433 e. The molecule has 6 nitrogen and oxygen atoms in total. The van der Waals surface area contributed by atoms with Crippen molar-refractivity contribution >= 4 is 31.6 Å². The first-order chi connectivity index (χ1) is 11.5. The molecule has 0 fully saturated rings. The SMILES string of the molecule is CCC[CH2][Sn+]([CH2]CCC)[CH2]CCC.O=C([O-])c1ccc([N+](=O)[O-])o1. The molecular weight excluding hydrogens is 417 g/mol. The zero-order chi connectivity index (χ0) is 18.4. The molecule has 1 aromatic heterocycles. The molecule has 24 heavy (non-hydrogen) atoms. The normalized spacial score (nSPS) is 9.96. The molecule has 0 amide bonds. The van der Waals surface area contributed by atoms with Gasteiger partial charge in [-0.2, -0.15) is 0 Å². The molecule has 1 rings (SSSR count). The second-order valence-corrected chi connectivity index (χ2v) is 14.3. The number of hydrogen-bond donors (Lipinski definition) is 0. The molecule has 0 aliphatic rings. The quantitative estimate of drug-likeness (QED) is 0.285. The van der Waals surface area contributed by atoms with Crippen molar-refractivity contribution in [3.05, 3.63) is 28.0 Å². The van der Waals surface area contributed by atoms with Crippen LogP contribution in [0.15, 0.2) is 16.5 Å². The molecule has 0 saturated heterocycles. The standard InChI is InChI=1S/C5H3NO5.3C4H9.Sn/c7-5(8)3-1-2-4(11-3)6(9)10;3*1-3-4-2;/h1-2H,(H,7,8);3*1,3-4H2,2H3;/q;;;;+1/p-1. The minimum Gasteiger partial charge on any atom is -0.542 e. The van der Waals surface area contributed by atoms with E-state index < -0.39 is 42.3 Å². The van der Waals surface area contributed by atoms with E-state index >= 15 is 0 Å². The van der Waals surface area contributed by atoms with E-state index in [0.29, 0.717) is 0 Å². The van der Waals surface area contributed by atoms with Crippen molar-refractivity contribution in [2.75, 3.05) is 0 Å². The van der Waals surface area contributed by atoms with Crippen molar-refractivity contribution in [2.24, 2.45) is 0 Å². The molecule has 0 N–H and O–H groups in total. The van der Waals surface area contributed by atoms with E-state index in [0.717, 1.165) is 12.1 Å². The molecule has 0 aliphatic heterocycles. The van der Waals surface area contributed by atoms with Crippen LogP contribution < -0.4 is 5.11 Å². The molecule has 0 aliphatic carbocycles. The summed E-state index contributed by atoms with van der Waals surface area (Å²) in [6, 6.07) is 1.92. The Kier molecular flexibility index (Phi) is 13.7. The van der Waals surface area contributed by atoms with Crippen molar-refractivity contribution in [2.45, 2.75) is 72.6 Å². The summed E-state index contributed by atoms with van der Waals surface area (Å²) in [7, 11) is 0. The number of carbonyl (C=O) groups is 1. The fourth-order valence-electron chi connectivity index (χ4n) is 2.19. The van der Waals surface area contributed by atoms with Gasteiger partial charge < -0.3 is 14.3 Å². The van der Waals surface area contributed by atoms with Gasteiger partial charge in [-0.25, -0.2) is 0 Å². The minimum atomic E-state index is -1.57. The number of carbonyl (C=O) groups excluding carboxylic acids is 1. The Bertz CT molecular complexity index is 428. The molecule has 0 bridgehead atoms. The van der Waals surface area contributed by atoms with Crippen LogP contribution in [0.1, 0.15) is 69.9 Å². The number of aromatic carboxylic acids is 1. The summed E-state index contributed by atoms with van der Waals surface area (Å²) in [5, 5.41) is 19.9. The molecule has 1 heterocycles. The first-order valence-electron chi connectivity index (χ1n) is 8.75. The molecule has 1 aromatic rings. The Morgan fingerprint density at radius 1 is 1.04 bits per heavy atom. The number of rotatable bonds is 11. The first-order valence-corrected chi connectivity index (χ1v) is 14.8. The van der Waals surface area contributed by atoms with Gasteiger partial charge in [0.1, 0.15) is 10.9 Å². The largest absolute Gasteiger partial charge is 0.542 e. The van der Waals surface area contributed by atoms with Gasteiger partial charge >= 0.3 is 98.3 Å². The Morgan fingerprint density at radius 3 is 1.75 bits per heavy atom. The number of unbranched alkanes of at least 4 members (excludes halogenated alkanes) is 3. The summed E-state index contributed by atoms with van der Waals surface area (Å²) in [4.78, 5) is 19.1. The molecule has 7 heteroatoms. The zero-order valence-electron chi connectivity index (χ0n) is 15.0. The van der Waals surface area contributed by atoms with Gasteiger partial charge in [0.2, 0.25) is 0 Å². The monoisotopic (exact) mass is 447 g/mol. The van der Waals surface area contributed by atoms with Crippen LogP contribution >= 0.6 is 0 Å². The summed E-state index contributed by atoms with van der Waals surface area (Å²) in [6.07, 6.45) is 8.85. The van der Waals surface area contributed by atoms with Gasteiger partial charge in [-0.15, -0.1) is 0 Å². The Morgan fingerprint density at radius 2 is 1.50 bits per heavy atom. The van der Waals surface area contributed by atoms with Crippen LogP contribution in [0.4, 0.5) is 5.88 Å². The van der Waals surface area contributed by atoms with Crippen LogP contribution in [0.2, 0.25) is 13.3 Å². The number of carboxylic acids is 1. The van der Waals surface area contributed by atoms with Gasteiger partial charge in [-0.05, 0) is 6.07 Å². The third-order valence-electron chi connectivity index (χ3n) is 3.62. The first kappa shape index (κ1) is 22.9. The zero-order valence-corrected chi connectivity index (χ0v) is 17.9. The molecule has 136 valence electrons. The van der Waals surface area contributed by atoms with Gasteiger partial charge in [0.25, 0.3) is 0 Å². The summed E-state index contributed by atoms with van der Waals surface area (Å²) in [5.41, 5.74) is 0. The summed E-state index contributed by atoms with van der Waals surface area (Å²) >= 11 is -0.839. The van der Waals surface area contributed by atoms with E-state index in [1.54, 1.807) is 13.3 Å². The number of hydrogen-bond acceptors (Lipinski definition) is 5. The second-order valence-electron chi connectivity index (χ2n) is 5.74. The summed E-state index contributed by atoms with van der Waals surface area (Å²) < 4.78 is 9.28. The fourth-order valence-corrected chi connectivity index (χ4v) is 11.6. The smallest absolute Gasteiger partial charge is 0.433 e. The number of carboxylic acid groups (broad SMARTS) is 1. The number of furan rings is 1. The topological polar surface area (TPSA) is 96.4 Å². The average Bonchev–Trinajstić information content (AvgIpc) is 3.05. The van der Waals surface area contributed by atoms with Crippen molar-refractivity contribution in [3.8, 4) is 0 Å². The van der Waals surface area contributed by atoms with Crippen LogP contribution in [0.5, 0.6) is 0 Å². The van der Waals surface area contributed by atoms with Crippen molar-refractivity contribution < 1.29 is 19.2 Å². The van der Waals surface area contributed by atoms with E-state index in [1.807, 2.05) is 0 Å².